The molecular formula is C23H21ClOSi. The summed E-state index contributed by atoms with van der Waals surface area (Å²) in [6.45, 7) is 9.39. The summed E-state index contributed by atoms with van der Waals surface area (Å²) in [6.07, 6.45) is 0. The van der Waals surface area contributed by atoms with Crippen LogP contribution in [-0.2, 0) is 5.41 Å². The molecule has 26 heavy (non-hydrogen) atoms. The number of halogens is 1. The number of hydrogen-bond acceptors (Lipinski definition) is 1. The topological polar surface area (TPSA) is 9.23 Å². The smallest absolute Gasteiger partial charge is 0.135 e. The Morgan fingerprint density at radius 3 is 2.46 bits per heavy atom. The highest BCUT2D eigenvalue weighted by Gasteiger charge is 2.43. The fraction of sp³-hybridized carbons (Fsp3) is 0.217. The van der Waals surface area contributed by atoms with E-state index in [1.54, 1.807) is 0 Å². The van der Waals surface area contributed by atoms with Gasteiger partial charge in [0.05, 0.1) is 0 Å². The van der Waals surface area contributed by atoms with E-state index in [0.29, 0.717) is 0 Å². The van der Waals surface area contributed by atoms with Gasteiger partial charge in [-0.15, -0.1) is 0 Å². The average Bonchev–Trinajstić information content (AvgIpc) is 2.83. The molecule has 0 saturated heterocycles. The quantitative estimate of drug-likeness (QED) is 0.466. The first-order valence-electron chi connectivity index (χ1n) is 9.07. The maximum atomic E-state index is 6.54. The van der Waals surface area contributed by atoms with E-state index in [4.69, 9.17) is 16.3 Å². The molecule has 0 N–H and O–H groups in total. The van der Waals surface area contributed by atoms with E-state index in [1.807, 2.05) is 6.07 Å². The van der Waals surface area contributed by atoms with Gasteiger partial charge in [0.1, 0.15) is 19.6 Å². The van der Waals surface area contributed by atoms with Crippen LogP contribution in [0.1, 0.15) is 25.0 Å². The minimum Gasteiger partial charge on any atom is -0.457 e. The van der Waals surface area contributed by atoms with Gasteiger partial charge in [0.2, 0.25) is 0 Å². The van der Waals surface area contributed by atoms with Crippen LogP contribution in [0.4, 0.5) is 0 Å². The van der Waals surface area contributed by atoms with Gasteiger partial charge in [0.25, 0.3) is 0 Å². The second-order valence-corrected chi connectivity index (χ2v) is 13.2. The van der Waals surface area contributed by atoms with Crippen LogP contribution in [0.2, 0.25) is 18.1 Å². The lowest BCUT2D eigenvalue weighted by Gasteiger charge is -2.34. The van der Waals surface area contributed by atoms with Crippen molar-refractivity contribution in [3.05, 3.63) is 70.7 Å². The molecule has 0 spiro atoms. The Kier molecular flexibility index (Phi) is 3.12. The molecule has 130 valence electrons. The molecule has 0 fully saturated rings. The summed E-state index contributed by atoms with van der Waals surface area (Å²) in [5.74, 6) is 2.08. The number of hydrogen-bond donors (Lipinski definition) is 0. The van der Waals surface area contributed by atoms with E-state index in [9.17, 15) is 0 Å². The Hall–Kier alpha value is -2.03. The molecule has 1 aliphatic heterocycles. The summed E-state index contributed by atoms with van der Waals surface area (Å²) in [6, 6.07) is 19.4. The van der Waals surface area contributed by atoms with Crippen LogP contribution < -0.4 is 15.1 Å². The lowest BCUT2D eigenvalue weighted by atomic mass is 9.82. The first-order chi connectivity index (χ1) is 12.3. The van der Waals surface area contributed by atoms with Crippen LogP contribution >= 0.6 is 11.6 Å². The number of ether oxygens (including phenoxy) is 1. The second-order valence-electron chi connectivity index (χ2n) is 8.40. The summed E-state index contributed by atoms with van der Waals surface area (Å²) in [5, 5.41) is 3.55. The van der Waals surface area contributed by atoms with Crippen molar-refractivity contribution in [1.29, 1.82) is 0 Å². The first kappa shape index (κ1) is 16.2. The van der Waals surface area contributed by atoms with Crippen molar-refractivity contribution < 1.29 is 4.74 Å². The lowest BCUT2D eigenvalue weighted by Crippen LogP contribution is -2.56. The van der Waals surface area contributed by atoms with Crippen molar-refractivity contribution in [1.82, 2.24) is 0 Å². The zero-order valence-electron chi connectivity index (χ0n) is 15.5. The van der Waals surface area contributed by atoms with E-state index in [0.717, 1.165) is 16.5 Å². The third kappa shape index (κ3) is 1.92. The summed E-state index contributed by atoms with van der Waals surface area (Å²) >= 11 is 6.32. The third-order valence-corrected chi connectivity index (χ3v) is 9.94. The van der Waals surface area contributed by atoms with Gasteiger partial charge >= 0.3 is 0 Å². The maximum Gasteiger partial charge on any atom is 0.135 e. The third-order valence-electron chi connectivity index (χ3n) is 6.20. The highest BCUT2D eigenvalue weighted by atomic mass is 35.5. The predicted molar refractivity (Wildman–Crippen MR) is 112 cm³/mol. The molecule has 1 heterocycles. The zero-order chi connectivity index (χ0) is 18.3. The van der Waals surface area contributed by atoms with Crippen molar-refractivity contribution in [3.63, 3.8) is 0 Å². The van der Waals surface area contributed by atoms with Crippen molar-refractivity contribution in [2.75, 3.05) is 0 Å². The molecule has 0 amide bonds. The maximum absolute atomic E-state index is 6.54. The molecule has 2 aliphatic rings. The summed E-state index contributed by atoms with van der Waals surface area (Å²) in [5.41, 5.74) is 5.06. The fourth-order valence-electron chi connectivity index (χ4n) is 4.69. The molecule has 0 atom stereocenters. The fourth-order valence-corrected chi connectivity index (χ4v) is 7.66. The molecule has 1 nitrogen and oxygen atoms in total. The largest absolute Gasteiger partial charge is 0.457 e. The Balaban J connectivity index is 1.85. The molecule has 5 rings (SSSR count). The van der Waals surface area contributed by atoms with Crippen LogP contribution in [0, 0.1) is 0 Å². The van der Waals surface area contributed by atoms with E-state index in [2.05, 4.69) is 75.5 Å². The molecule has 0 radical (unpaired) electrons. The molecule has 0 saturated carbocycles. The van der Waals surface area contributed by atoms with Gasteiger partial charge in [-0.3, -0.25) is 0 Å². The Labute approximate surface area is 160 Å². The highest BCUT2D eigenvalue weighted by molar-refractivity contribution is 7.01. The van der Waals surface area contributed by atoms with E-state index in [1.165, 1.54) is 32.6 Å². The van der Waals surface area contributed by atoms with Gasteiger partial charge in [0.15, 0.2) is 0 Å². The van der Waals surface area contributed by atoms with Crippen LogP contribution in [0.3, 0.4) is 0 Å². The Morgan fingerprint density at radius 2 is 1.65 bits per heavy atom. The lowest BCUT2D eigenvalue weighted by molar-refractivity contribution is 0.487. The SMILES string of the molecule is CC1(C)c2cc(Cl)ccc2-c2c1ccc1c2Oc2ccccc2[Si]1(C)C. The normalized spacial score (nSPS) is 17.6. The number of benzene rings is 3. The molecule has 0 aromatic heterocycles. The van der Waals surface area contributed by atoms with Gasteiger partial charge < -0.3 is 4.74 Å². The predicted octanol–water partition coefficient (Wildman–Crippen LogP) is 5.57. The Morgan fingerprint density at radius 1 is 0.885 bits per heavy atom. The second kappa shape index (κ2) is 5.02. The highest BCUT2D eigenvalue weighted by Crippen LogP contribution is 2.53. The Bertz CT molecular complexity index is 1080. The minimum absolute atomic E-state index is 0.0728. The van der Waals surface area contributed by atoms with Crippen LogP contribution in [0.15, 0.2) is 54.6 Å². The van der Waals surface area contributed by atoms with Crippen molar-refractivity contribution >= 4 is 30.0 Å². The van der Waals surface area contributed by atoms with Crippen molar-refractivity contribution in [3.8, 4) is 22.6 Å². The first-order valence-corrected chi connectivity index (χ1v) is 12.5. The standard InChI is InChI=1S/C23H21ClOSi/c1-23(2)16-11-12-20-22(21(16)15-10-9-14(24)13-17(15)23)25-18-7-5-6-8-19(18)26(20,3)4/h5-13H,1-4H3. The van der Waals surface area contributed by atoms with Crippen LogP contribution in [0.5, 0.6) is 11.5 Å². The molecule has 3 aromatic carbocycles. The molecule has 0 unspecified atom stereocenters. The number of fused-ring (bicyclic) bond motifs is 6. The number of rotatable bonds is 0. The summed E-state index contributed by atoms with van der Waals surface area (Å²) < 4.78 is 6.54. The monoisotopic (exact) mass is 376 g/mol. The molecule has 3 aromatic rings. The minimum atomic E-state index is -1.80. The molecule has 1 aliphatic carbocycles. The summed E-state index contributed by atoms with van der Waals surface area (Å²) in [4.78, 5) is 0. The van der Waals surface area contributed by atoms with E-state index >= 15 is 0 Å². The summed E-state index contributed by atoms with van der Waals surface area (Å²) in [7, 11) is -1.80. The molecular weight excluding hydrogens is 356 g/mol. The van der Waals surface area contributed by atoms with Gasteiger partial charge in [-0.25, -0.2) is 0 Å². The van der Waals surface area contributed by atoms with Gasteiger partial charge in [-0.2, -0.15) is 0 Å². The van der Waals surface area contributed by atoms with Crippen LogP contribution in [0.25, 0.3) is 11.1 Å². The number of para-hydroxylation sites is 1. The molecule has 0 bridgehead atoms. The van der Waals surface area contributed by atoms with Crippen LogP contribution in [-0.4, -0.2) is 8.07 Å². The van der Waals surface area contributed by atoms with Gasteiger partial charge in [-0.1, -0.05) is 74.9 Å². The van der Waals surface area contributed by atoms with Crippen molar-refractivity contribution in [2.45, 2.75) is 32.4 Å². The average molecular weight is 377 g/mol. The zero-order valence-corrected chi connectivity index (χ0v) is 17.2. The van der Waals surface area contributed by atoms with E-state index < -0.39 is 8.07 Å². The molecule has 3 heteroatoms. The van der Waals surface area contributed by atoms with Crippen molar-refractivity contribution in [2.24, 2.45) is 0 Å². The van der Waals surface area contributed by atoms with E-state index in [-0.39, 0.29) is 5.41 Å². The van der Waals surface area contributed by atoms with Gasteiger partial charge in [-0.05, 0) is 45.3 Å². The van der Waals surface area contributed by atoms with Gasteiger partial charge in [0, 0.05) is 16.0 Å².